The molecule has 0 aromatic heterocycles. The first kappa shape index (κ1) is 15.8. The van der Waals surface area contributed by atoms with Crippen molar-refractivity contribution in [1.82, 2.24) is 5.32 Å². The van der Waals surface area contributed by atoms with Crippen molar-refractivity contribution in [2.75, 3.05) is 12.4 Å². The van der Waals surface area contributed by atoms with Crippen LogP contribution in [0.15, 0.2) is 24.3 Å². The Morgan fingerprint density at radius 2 is 1.71 bits per heavy atom. The molecule has 0 heterocycles. The van der Waals surface area contributed by atoms with Crippen molar-refractivity contribution >= 4 is 11.6 Å². The maximum absolute atomic E-state index is 12.8. The van der Waals surface area contributed by atoms with Gasteiger partial charge in [0, 0.05) is 5.54 Å². The van der Waals surface area contributed by atoms with E-state index in [0.717, 1.165) is 29.2 Å². The summed E-state index contributed by atoms with van der Waals surface area (Å²) >= 11 is 0. The molecule has 4 nitrogen and oxygen atoms in total. The summed E-state index contributed by atoms with van der Waals surface area (Å²) in [6.45, 7) is 1.93. The Hall–Kier alpha value is -1.71. The van der Waals surface area contributed by atoms with Crippen LogP contribution in [0.5, 0.6) is 5.75 Å². The third-order valence-corrected chi connectivity index (χ3v) is 6.30. The summed E-state index contributed by atoms with van der Waals surface area (Å²) in [6, 6.07) is 7.48. The minimum absolute atomic E-state index is 0.0720. The smallest absolute Gasteiger partial charge is 0.242 e. The molecule has 1 aromatic carbocycles. The average molecular weight is 328 g/mol. The first-order valence-electron chi connectivity index (χ1n) is 9.28. The molecule has 4 bridgehead atoms. The van der Waals surface area contributed by atoms with Crippen molar-refractivity contribution in [3.05, 3.63) is 24.3 Å². The van der Waals surface area contributed by atoms with E-state index in [0.29, 0.717) is 0 Å². The fourth-order valence-corrected chi connectivity index (χ4v) is 5.70. The summed E-state index contributed by atoms with van der Waals surface area (Å²) < 4.78 is 5.37. The normalized spacial score (nSPS) is 34.7. The second kappa shape index (κ2) is 5.98. The van der Waals surface area contributed by atoms with Crippen molar-refractivity contribution in [2.24, 2.45) is 17.8 Å². The first-order chi connectivity index (χ1) is 11.6. The Bertz CT molecular complexity index is 593. The fraction of sp³-hybridized carbons (Fsp3) is 0.650. The lowest BCUT2D eigenvalue weighted by Gasteiger charge is -2.57. The lowest BCUT2D eigenvalue weighted by Crippen LogP contribution is -2.61. The van der Waals surface area contributed by atoms with Gasteiger partial charge in [0.1, 0.15) is 11.8 Å². The van der Waals surface area contributed by atoms with Crippen LogP contribution in [-0.4, -0.2) is 24.6 Å². The van der Waals surface area contributed by atoms with Crippen LogP contribution in [0.3, 0.4) is 0 Å². The number of benzene rings is 1. The van der Waals surface area contributed by atoms with Gasteiger partial charge in [0.2, 0.25) is 5.91 Å². The number of hydrogen-bond donors (Lipinski definition) is 2. The molecule has 1 aromatic rings. The number of methoxy groups -OCH3 is 1. The standard InChI is InChI=1S/C20H28N2O2/c1-13(21-17-5-3-4-6-18(17)24-2)19(23)22-20-10-14-7-15(11-20)9-16(8-14)12-20/h3-6,13-16,21H,7-12H2,1-2H3,(H,22,23). The monoisotopic (exact) mass is 328 g/mol. The molecule has 1 unspecified atom stereocenters. The van der Waals surface area contributed by atoms with E-state index in [1.165, 1.54) is 38.5 Å². The minimum Gasteiger partial charge on any atom is -0.495 e. The van der Waals surface area contributed by atoms with Gasteiger partial charge < -0.3 is 15.4 Å². The maximum atomic E-state index is 12.8. The predicted molar refractivity (Wildman–Crippen MR) is 95.1 cm³/mol. The van der Waals surface area contributed by atoms with Crippen LogP contribution >= 0.6 is 0 Å². The van der Waals surface area contributed by atoms with Crippen molar-refractivity contribution < 1.29 is 9.53 Å². The van der Waals surface area contributed by atoms with Crippen molar-refractivity contribution in [2.45, 2.75) is 57.0 Å². The molecule has 2 N–H and O–H groups in total. The zero-order chi connectivity index (χ0) is 16.7. The topological polar surface area (TPSA) is 50.4 Å². The molecule has 0 aliphatic heterocycles. The summed E-state index contributed by atoms with van der Waals surface area (Å²) in [6.07, 6.45) is 7.74. The van der Waals surface area contributed by atoms with Crippen molar-refractivity contribution in [3.8, 4) is 5.75 Å². The van der Waals surface area contributed by atoms with E-state index >= 15 is 0 Å². The molecule has 1 atom stereocenters. The molecule has 4 aliphatic rings. The first-order valence-corrected chi connectivity index (χ1v) is 9.28. The number of para-hydroxylation sites is 2. The van der Waals surface area contributed by atoms with Gasteiger partial charge in [0.15, 0.2) is 0 Å². The molecule has 0 saturated heterocycles. The molecule has 24 heavy (non-hydrogen) atoms. The Kier molecular flexibility index (Phi) is 3.93. The molecule has 130 valence electrons. The zero-order valence-corrected chi connectivity index (χ0v) is 14.7. The molecule has 0 spiro atoms. The number of rotatable bonds is 5. The Morgan fingerprint density at radius 3 is 2.29 bits per heavy atom. The minimum atomic E-state index is -0.269. The van der Waals surface area contributed by atoms with E-state index < -0.39 is 0 Å². The number of carbonyl (C=O) groups excluding carboxylic acids is 1. The largest absolute Gasteiger partial charge is 0.495 e. The predicted octanol–water partition coefficient (Wildman–Crippen LogP) is 3.58. The molecule has 4 saturated carbocycles. The molecule has 1 amide bonds. The molecular weight excluding hydrogens is 300 g/mol. The van der Waals surface area contributed by atoms with E-state index in [1.807, 2.05) is 31.2 Å². The van der Waals surface area contributed by atoms with Crippen molar-refractivity contribution in [1.29, 1.82) is 0 Å². The van der Waals surface area contributed by atoms with Gasteiger partial charge in [0.05, 0.1) is 12.8 Å². The molecular formula is C20H28N2O2. The van der Waals surface area contributed by atoms with Gasteiger partial charge in [-0.2, -0.15) is 0 Å². The quantitative estimate of drug-likeness (QED) is 0.868. The van der Waals surface area contributed by atoms with E-state index in [4.69, 9.17) is 4.74 Å². The molecule has 0 radical (unpaired) electrons. The Labute approximate surface area is 144 Å². The molecule has 5 rings (SSSR count). The third kappa shape index (κ3) is 2.87. The number of carbonyl (C=O) groups is 1. The van der Waals surface area contributed by atoms with Crippen LogP contribution in [0, 0.1) is 17.8 Å². The molecule has 4 aliphatic carbocycles. The third-order valence-electron chi connectivity index (χ3n) is 6.30. The number of amides is 1. The number of anilines is 1. The highest BCUT2D eigenvalue weighted by Crippen LogP contribution is 2.55. The number of hydrogen-bond acceptors (Lipinski definition) is 3. The maximum Gasteiger partial charge on any atom is 0.242 e. The second-order valence-electron chi connectivity index (χ2n) is 8.25. The van der Waals surface area contributed by atoms with E-state index in [9.17, 15) is 4.79 Å². The van der Waals surface area contributed by atoms with Gasteiger partial charge in [-0.1, -0.05) is 12.1 Å². The lowest BCUT2D eigenvalue weighted by atomic mass is 9.53. The summed E-state index contributed by atoms with van der Waals surface area (Å²) in [5, 5.41) is 6.75. The van der Waals surface area contributed by atoms with Crippen LogP contribution in [0.2, 0.25) is 0 Å². The summed E-state index contributed by atoms with van der Waals surface area (Å²) in [5.41, 5.74) is 0.941. The second-order valence-corrected chi connectivity index (χ2v) is 8.25. The van der Waals surface area contributed by atoms with Gasteiger partial charge in [-0.3, -0.25) is 4.79 Å². The Balaban J connectivity index is 1.42. The van der Waals surface area contributed by atoms with Crippen LogP contribution in [0.25, 0.3) is 0 Å². The van der Waals surface area contributed by atoms with E-state index in [2.05, 4.69) is 10.6 Å². The fourth-order valence-electron chi connectivity index (χ4n) is 5.70. The van der Waals surface area contributed by atoms with Gasteiger partial charge in [-0.05, 0) is 75.3 Å². The number of ether oxygens (including phenoxy) is 1. The average Bonchev–Trinajstić information content (AvgIpc) is 2.53. The van der Waals surface area contributed by atoms with Gasteiger partial charge in [0.25, 0.3) is 0 Å². The summed E-state index contributed by atoms with van der Waals surface area (Å²) in [4.78, 5) is 12.8. The van der Waals surface area contributed by atoms with Gasteiger partial charge >= 0.3 is 0 Å². The summed E-state index contributed by atoms with van der Waals surface area (Å²) in [5.74, 6) is 3.41. The highest BCUT2D eigenvalue weighted by Gasteiger charge is 2.51. The van der Waals surface area contributed by atoms with Gasteiger partial charge in [-0.15, -0.1) is 0 Å². The van der Waals surface area contributed by atoms with Crippen molar-refractivity contribution in [3.63, 3.8) is 0 Å². The zero-order valence-electron chi connectivity index (χ0n) is 14.7. The lowest BCUT2D eigenvalue weighted by molar-refractivity contribution is -0.127. The van der Waals surface area contributed by atoms with Crippen LogP contribution in [-0.2, 0) is 4.79 Å². The summed E-state index contributed by atoms with van der Waals surface area (Å²) in [7, 11) is 1.65. The van der Waals surface area contributed by atoms with E-state index in [1.54, 1.807) is 7.11 Å². The van der Waals surface area contributed by atoms with Gasteiger partial charge in [-0.25, -0.2) is 0 Å². The highest BCUT2D eigenvalue weighted by atomic mass is 16.5. The van der Waals surface area contributed by atoms with Crippen LogP contribution < -0.4 is 15.4 Å². The Morgan fingerprint density at radius 1 is 1.12 bits per heavy atom. The van der Waals surface area contributed by atoms with Crippen LogP contribution in [0.4, 0.5) is 5.69 Å². The van der Waals surface area contributed by atoms with E-state index in [-0.39, 0.29) is 17.5 Å². The molecule has 4 fully saturated rings. The molecule has 4 heteroatoms. The van der Waals surface area contributed by atoms with Crippen LogP contribution in [0.1, 0.15) is 45.4 Å². The SMILES string of the molecule is COc1ccccc1NC(C)C(=O)NC12CC3CC(CC(C3)C1)C2. The highest BCUT2D eigenvalue weighted by molar-refractivity contribution is 5.85. The number of nitrogens with one attached hydrogen (secondary N) is 2.